The molecule has 0 fully saturated rings. The number of fused-ring (bicyclic) bond motifs is 1. The third-order valence-electron chi connectivity index (χ3n) is 6.15. The Hall–Kier alpha value is -4.31. The fourth-order valence-corrected chi connectivity index (χ4v) is 4.64. The normalized spacial score (nSPS) is 11.3. The Balaban J connectivity index is 1.37. The van der Waals surface area contributed by atoms with E-state index in [9.17, 15) is 18.4 Å². The highest BCUT2D eigenvalue weighted by atomic mass is 79.9. The number of nitrogens with one attached hydrogen (secondary N) is 1. The molecule has 5 aromatic rings. The number of amides is 1. The van der Waals surface area contributed by atoms with Gasteiger partial charge in [0, 0.05) is 34.6 Å². The fraction of sp³-hybridized carbons (Fsp3) is 0.138. The summed E-state index contributed by atoms with van der Waals surface area (Å²) in [5, 5.41) is 7.79. The van der Waals surface area contributed by atoms with Gasteiger partial charge in [-0.2, -0.15) is 5.10 Å². The van der Waals surface area contributed by atoms with Crippen molar-refractivity contribution in [1.29, 1.82) is 0 Å². The molecule has 0 radical (unpaired) electrons. The predicted molar refractivity (Wildman–Crippen MR) is 149 cm³/mol. The number of halogens is 3. The number of carbonyl (C=O) groups is 1. The van der Waals surface area contributed by atoms with E-state index in [0.717, 1.165) is 17.0 Å². The van der Waals surface area contributed by atoms with Crippen LogP contribution in [-0.2, 0) is 0 Å². The van der Waals surface area contributed by atoms with Crippen LogP contribution >= 0.6 is 15.9 Å². The van der Waals surface area contributed by atoms with Gasteiger partial charge in [-0.05, 0) is 97.4 Å². The Morgan fingerprint density at radius 1 is 1.00 bits per heavy atom. The van der Waals surface area contributed by atoms with E-state index in [1.54, 1.807) is 25.3 Å². The van der Waals surface area contributed by atoms with E-state index < -0.39 is 23.1 Å². The van der Waals surface area contributed by atoms with Gasteiger partial charge in [0.2, 0.25) is 0 Å². The number of aryl methyl sites for hydroxylation is 1. The van der Waals surface area contributed by atoms with Gasteiger partial charge in [0.15, 0.2) is 11.6 Å². The van der Waals surface area contributed by atoms with Crippen LogP contribution in [0.3, 0.4) is 0 Å². The number of hydrogen-bond donors (Lipinski definition) is 1. The number of ether oxygens (including phenoxy) is 1. The smallest absolute Gasteiger partial charge is 0.268 e. The topological polar surface area (TPSA) is 78.2 Å². The summed E-state index contributed by atoms with van der Waals surface area (Å²) in [6.45, 7) is 5.76. The van der Waals surface area contributed by atoms with Gasteiger partial charge in [-0.25, -0.2) is 8.78 Å². The molecule has 5 rings (SSSR count). The van der Waals surface area contributed by atoms with Crippen LogP contribution in [0, 0.1) is 18.6 Å². The van der Waals surface area contributed by atoms with Crippen molar-refractivity contribution in [2.45, 2.75) is 26.8 Å². The lowest BCUT2D eigenvalue weighted by Gasteiger charge is -2.13. The Morgan fingerprint density at radius 2 is 1.74 bits per heavy atom. The highest BCUT2D eigenvalue weighted by Crippen LogP contribution is 2.36. The van der Waals surface area contributed by atoms with E-state index in [1.807, 2.05) is 24.6 Å². The molecule has 0 saturated heterocycles. The zero-order valence-corrected chi connectivity index (χ0v) is 22.8. The number of hydrogen-bond acceptors (Lipinski definition) is 4. The van der Waals surface area contributed by atoms with Crippen molar-refractivity contribution < 1.29 is 18.3 Å². The molecule has 3 aromatic carbocycles. The molecule has 7 nitrogen and oxygen atoms in total. The average molecular weight is 593 g/mol. The standard InChI is InChI=1S/C29H23BrF2N4O3/c1-16(2)36-25-14-23(30)27(12-18(25)15-33-36)39-26-11-7-20(13-24(26)32)34-28(37)22-10-4-17(3)35(29(22)38)21-8-5-19(31)6-9-21/h4-16H,1-3H3,(H,34,37). The van der Waals surface area contributed by atoms with Gasteiger partial charge in [0.05, 0.1) is 16.2 Å². The molecule has 0 atom stereocenters. The van der Waals surface area contributed by atoms with Crippen LogP contribution in [0.2, 0.25) is 0 Å². The van der Waals surface area contributed by atoms with Crippen molar-refractivity contribution in [1.82, 2.24) is 14.3 Å². The molecule has 0 aliphatic heterocycles. The highest BCUT2D eigenvalue weighted by molar-refractivity contribution is 9.10. The number of pyridine rings is 1. The van der Waals surface area contributed by atoms with Gasteiger partial charge in [0.1, 0.15) is 17.1 Å². The number of aromatic nitrogens is 3. The minimum absolute atomic E-state index is 0.0432. The second-order valence-electron chi connectivity index (χ2n) is 9.23. The van der Waals surface area contributed by atoms with E-state index in [2.05, 4.69) is 26.3 Å². The molecule has 2 heterocycles. The Kier molecular flexibility index (Phi) is 7.05. The first-order chi connectivity index (χ1) is 18.6. The SMILES string of the molecule is Cc1ccc(C(=O)Nc2ccc(Oc3cc4cnn(C(C)C)c4cc3Br)c(F)c2)c(=O)n1-c1ccc(F)cc1. The van der Waals surface area contributed by atoms with Crippen LogP contribution in [0.1, 0.15) is 35.9 Å². The summed E-state index contributed by atoms with van der Waals surface area (Å²) >= 11 is 3.48. The zero-order valence-electron chi connectivity index (χ0n) is 21.2. The summed E-state index contributed by atoms with van der Waals surface area (Å²) in [4.78, 5) is 26.0. The minimum Gasteiger partial charge on any atom is -0.453 e. The van der Waals surface area contributed by atoms with Crippen molar-refractivity contribution in [3.8, 4) is 17.2 Å². The second kappa shape index (κ2) is 10.5. The summed E-state index contributed by atoms with van der Waals surface area (Å²) in [7, 11) is 0. The monoisotopic (exact) mass is 592 g/mol. The van der Waals surface area contributed by atoms with E-state index in [4.69, 9.17) is 4.74 Å². The molecule has 10 heteroatoms. The van der Waals surface area contributed by atoms with Crippen LogP contribution in [-0.4, -0.2) is 20.3 Å². The zero-order chi connectivity index (χ0) is 27.8. The number of rotatable bonds is 6. The molecule has 0 saturated carbocycles. The number of nitrogens with zero attached hydrogens (tertiary/aromatic N) is 3. The van der Waals surface area contributed by atoms with Crippen molar-refractivity contribution in [2.75, 3.05) is 5.32 Å². The van der Waals surface area contributed by atoms with Crippen LogP contribution in [0.5, 0.6) is 11.5 Å². The molecule has 198 valence electrons. The Morgan fingerprint density at radius 3 is 2.44 bits per heavy atom. The lowest BCUT2D eigenvalue weighted by Crippen LogP contribution is -2.29. The molecule has 0 spiro atoms. The van der Waals surface area contributed by atoms with Gasteiger partial charge >= 0.3 is 0 Å². The van der Waals surface area contributed by atoms with Crippen LogP contribution in [0.4, 0.5) is 14.5 Å². The molecule has 2 aromatic heterocycles. The van der Waals surface area contributed by atoms with Gasteiger partial charge in [-0.15, -0.1) is 0 Å². The molecular formula is C29H23BrF2N4O3. The first kappa shape index (κ1) is 26.3. The maximum Gasteiger partial charge on any atom is 0.268 e. The van der Waals surface area contributed by atoms with Gasteiger partial charge in [0.25, 0.3) is 11.5 Å². The number of benzene rings is 3. The molecule has 1 N–H and O–H groups in total. The first-order valence-corrected chi connectivity index (χ1v) is 12.9. The van der Waals surface area contributed by atoms with Crippen LogP contribution < -0.4 is 15.6 Å². The molecule has 1 amide bonds. The van der Waals surface area contributed by atoms with Crippen LogP contribution in [0.15, 0.2) is 82.2 Å². The molecular weight excluding hydrogens is 570 g/mol. The second-order valence-corrected chi connectivity index (χ2v) is 10.1. The van der Waals surface area contributed by atoms with Gasteiger partial charge < -0.3 is 10.1 Å². The molecule has 39 heavy (non-hydrogen) atoms. The molecule has 0 unspecified atom stereocenters. The summed E-state index contributed by atoms with van der Waals surface area (Å²) < 4.78 is 38.0. The predicted octanol–water partition coefficient (Wildman–Crippen LogP) is 7.16. The lowest BCUT2D eigenvalue weighted by molar-refractivity contribution is 0.102. The average Bonchev–Trinajstić information content (AvgIpc) is 3.29. The lowest BCUT2D eigenvalue weighted by atomic mass is 10.2. The summed E-state index contributed by atoms with van der Waals surface area (Å²) in [5.41, 5.74) is 1.31. The van der Waals surface area contributed by atoms with E-state index >= 15 is 0 Å². The Bertz CT molecular complexity index is 1780. The number of carbonyl (C=O) groups excluding carboxylic acids is 1. The minimum atomic E-state index is -0.709. The van der Waals surface area contributed by atoms with E-state index in [0.29, 0.717) is 21.6 Å². The van der Waals surface area contributed by atoms with Crippen molar-refractivity contribution in [3.05, 3.63) is 111 Å². The highest BCUT2D eigenvalue weighted by Gasteiger charge is 2.17. The third-order valence-corrected chi connectivity index (χ3v) is 6.77. The van der Waals surface area contributed by atoms with E-state index in [-0.39, 0.29) is 23.0 Å². The van der Waals surface area contributed by atoms with Crippen molar-refractivity contribution in [2.24, 2.45) is 0 Å². The summed E-state index contributed by atoms with van der Waals surface area (Å²) in [5.74, 6) is -1.49. The third kappa shape index (κ3) is 5.20. The fourth-order valence-electron chi connectivity index (χ4n) is 4.23. The molecule has 0 aliphatic rings. The van der Waals surface area contributed by atoms with E-state index in [1.165, 1.54) is 47.0 Å². The maximum absolute atomic E-state index is 15.0. The van der Waals surface area contributed by atoms with Crippen molar-refractivity contribution >= 4 is 38.4 Å². The summed E-state index contributed by atoms with van der Waals surface area (Å²) in [6.07, 6.45) is 1.72. The maximum atomic E-state index is 15.0. The van der Waals surface area contributed by atoms with Crippen LogP contribution in [0.25, 0.3) is 16.6 Å². The Labute approximate surface area is 230 Å². The first-order valence-electron chi connectivity index (χ1n) is 12.1. The largest absolute Gasteiger partial charge is 0.453 e. The number of anilines is 1. The van der Waals surface area contributed by atoms with Gasteiger partial charge in [-0.3, -0.25) is 18.8 Å². The van der Waals surface area contributed by atoms with Gasteiger partial charge in [-0.1, -0.05) is 0 Å². The molecule has 0 aliphatic carbocycles. The van der Waals surface area contributed by atoms with Crippen molar-refractivity contribution in [3.63, 3.8) is 0 Å². The quantitative estimate of drug-likeness (QED) is 0.227. The molecule has 0 bridgehead atoms. The summed E-state index contributed by atoms with van der Waals surface area (Å²) in [6, 6.07) is 16.2.